The summed E-state index contributed by atoms with van der Waals surface area (Å²) in [5.74, 6) is -0.323. The third kappa shape index (κ3) is 3.23. The number of esters is 1. The Hall–Kier alpha value is -2.63. The lowest BCUT2D eigenvalue weighted by atomic mass is 10.1. The SMILES string of the molecule is COC(=O)CC(=O)Nc1ccc(-c2cnco2)c(C)c1. The highest BCUT2D eigenvalue weighted by Crippen LogP contribution is 2.25. The van der Waals surface area contributed by atoms with Crippen LogP contribution in [0.25, 0.3) is 11.3 Å². The average molecular weight is 274 g/mol. The molecule has 1 heterocycles. The number of aryl methyl sites for hydroxylation is 1. The number of methoxy groups -OCH3 is 1. The van der Waals surface area contributed by atoms with Crippen molar-refractivity contribution < 1.29 is 18.7 Å². The van der Waals surface area contributed by atoms with Crippen LogP contribution in [0.5, 0.6) is 0 Å². The first kappa shape index (κ1) is 13.8. The van der Waals surface area contributed by atoms with Crippen LogP contribution in [0.15, 0.2) is 35.2 Å². The van der Waals surface area contributed by atoms with Gasteiger partial charge in [-0.15, -0.1) is 0 Å². The second-order valence-corrected chi connectivity index (χ2v) is 4.20. The molecule has 1 aromatic carbocycles. The lowest BCUT2D eigenvalue weighted by molar-refractivity contribution is -0.142. The Morgan fingerprint density at radius 1 is 1.40 bits per heavy atom. The van der Waals surface area contributed by atoms with E-state index in [2.05, 4.69) is 15.0 Å². The van der Waals surface area contributed by atoms with E-state index in [1.54, 1.807) is 18.3 Å². The molecule has 6 nitrogen and oxygen atoms in total. The van der Waals surface area contributed by atoms with Crippen molar-refractivity contribution >= 4 is 17.6 Å². The molecule has 0 aliphatic carbocycles. The van der Waals surface area contributed by atoms with E-state index in [9.17, 15) is 9.59 Å². The molecular formula is C14H14N2O4. The number of carbonyl (C=O) groups is 2. The third-order valence-corrected chi connectivity index (χ3v) is 2.74. The van der Waals surface area contributed by atoms with Gasteiger partial charge in [0, 0.05) is 11.3 Å². The molecule has 0 spiro atoms. The van der Waals surface area contributed by atoms with E-state index in [-0.39, 0.29) is 6.42 Å². The van der Waals surface area contributed by atoms with E-state index >= 15 is 0 Å². The maximum atomic E-state index is 11.6. The van der Waals surface area contributed by atoms with Crippen LogP contribution in [0.3, 0.4) is 0 Å². The van der Waals surface area contributed by atoms with Crippen LogP contribution < -0.4 is 5.32 Å². The molecule has 2 aromatic rings. The van der Waals surface area contributed by atoms with E-state index in [4.69, 9.17) is 4.42 Å². The molecule has 0 fully saturated rings. The van der Waals surface area contributed by atoms with E-state index in [1.807, 2.05) is 13.0 Å². The zero-order valence-corrected chi connectivity index (χ0v) is 11.2. The Bertz CT molecular complexity index is 620. The number of ether oxygens (including phenoxy) is 1. The molecule has 0 radical (unpaired) electrons. The Labute approximate surface area is 115 Å². The predicted octanol–water partition coefficient (Wildman–Crippen LogP) is 2.15. The van der Waals surface area contributed by atoms with Gasteiger partial charge in [0.15, 0.2) is 12.2 Å². The lowest BCUT2D eigenvalue weighted by Gasteiger charge is -2.08. The first-order valence-corrected chi connectivity index (χ1v) is 5.96. The molecule has 1 aromatic heterocycles. The number of amides is 1. The quantitative estimate of drug-likeness (QED) is 0.682. The summed E-state index contributed by atoms with van der Waals surface area (Å²) in [7, 11) is 1.24. The predicted molar refractivity (Wildman–Crippen MR) is 71.9 cm³/mol. The van der Waals surface area contributed by atoms with E-state index in [0.717, 1.165) is 11.1 Å². The van der Waals surface area contributed by atoms with Crippen molar-refractivity contribution in [3.63, 3.8) is 0 Å². The van der Waals surface area contributed by atoms with Crippen molar-refractivity contribution in [2.24, 2.45) is 0 Å². The molecule has 20 heavy (non-hydrogen) atoms. The fourth-order valence-electron chi connectivity index (χ4n) is 1.78. The van der Waals surface area contributed by atoms with Gasteiger partial charge in [-0.25, -0.2) is 4.98 Å². The summed E-state index contributed by atoms with van der Waals surface area (Å²) in [4.78, 5) is 26.4. The topological polar surface area (TPSA) is 81.4 Å². The molecule has 6 heteroatoms. The summed E-state index contributed by atoms with van der Waals surface area (Å²) in [5.41, 5.74) is 2.44. The summed E-state index contributed by atoms with van der Waals surface area (Å²) in [6.45, 7) is 1.90. The summed E-state index contributed by atoms with van der Waals surface area (Å²) in [5, 5.41) is 2.63. The Kier molecular flexibility index (Phi) is 4.14. The first-order valence-electron chi connectivity index (χ1n) is 5.96. The summed E-state index contributed by atoms with van der Waals surface area (Å²) >= 11 is 0. The first-order chi connectivity index (χ1) is 9.60. The Morgan fingerprint density at radius 2 is 2.20 bits per heavy atom. The van der Waals surface area contributed by atoms with Crippen molar-refractivity contribution in [3.05, 3.63) is 36.4 Å². The van der Waals surface area contributed by atoms with Crippen LogP contribution in [0.4, 0.5) is 5.69 Å². The monoisotopic (exact) mass is 274 g/mol. The molecule has 0 saturated heterocycles. The van der Waals surface area contributed by atoms with Crippen LogP contribution in [-0.2, 0) is 14.3 Å². The molecule has 2 rings (SSSR count). The zero-order valence-electron chi connectivity index (χ0n) is 11.2. The number of hydrogen-bond acceptors (Lipinski definition) is 5. The highest BCUT2D eigenvalue weighted by atomic mass is 16.5. The zero-order chi connectivity index (χ0) is 14.5. The maximum absolute atomic E-state index is 11.6. The summed E-state index contributed by atoms with van der Waals surface area (Å²) < 4.78 is 9.66. The number of hydrogen-bond donors (Lipinski definition) is 1. The van der Waals surface area contributed by atoms with Gasteiger partial charge < -0.3 is 14.5 Å². The van der Waals surface area contributed by atoms with Crippen LogP contribution in [0.1, 0.15) is 12.0 Å². The molecule has 104 valence electrons. The van der Waals surface area contributed by atoms with Crippen molar-refractivity contribution in [2.45, 2.75) is 13.3 Å². The minimum Gasteiger partial charge on any atom is -0.469 e. The van der Waals surface area contributed by atoms with Crippen LogP contribution >= 0.6 is 0 Å². The van der Waals surface area contributed by atoms with Crippen molar-refractivity contribution in [1.29, 1.82) is 0 Å². The molecule has 0 bridgehead atoms. The fraction of sp³-hybridized carbons (Fsp3) is 0.214. The van der Waals surface area contributed by atoms with E-state index in [1.165, 1.54) is 13.5 Å². The molecule has 0 aliphatic heterocycles. The number of rotatable bonds is 4. The molecule has 0 unspecified atom stereocenters. The maximum Gasteiger partial charge on any atom is 0.315 e. The fourth-order valence-corrected chi connectivity index (χ4v) is 1.78. The van der Waals surface area contributed by atoms with Gasteiger partial charge in [0.05, 0.1) is 13.3 Å². The number of aromatic nitrogens is 1. The van der Waals surface area contributed by atoms with Gasteiger partial charge in [0.25, 0.3) is 0 Å². The molecular weight excluding hydrogens is 260 g/mol. The molecule has 0 aliphatic rings. The second-order valence-electron chi connectivity index (χ2n) is 4.20. The van der Waals surface area contributed by atoms with Gasteiger partial charge in [-0.1, -0.05) is 0 Å². The summed E-state index contributed by atoms with van der Waals surface area (Å²) in [6, 6.07) is 5.36. The van der Waals surface area contributed by atoms with Gasteiger partial charge in [-0.05, 0) is 30.7 Å². The van der Waals surface area contributed by atoms with Crippen LogP contribution in [0.2, 0.25) is 0 Å². The Balaban J connectivity index is 2.10. The molecule has 0 saturated carbocycles. The van der Waals surface area contributed by atoms with Crippen molar-refractivity contribution in [3.8, 4) is 11.3 Å². The molecule has 1 N–H and O–H groups in total. The van der Waals surface area contributed by atoms with Crippen LogP contribution in [0, 0.1) is 6.92 Å². The van der Waals surface area contributed by atoms with Gasteiger partial charge in [0.1, 0.15) is 6.42 Å². The van der Waals surface area contributed by atoms with Crippen molar-refractivity contribution in [2.75, 3.05) is 12.4 Å². The van der Waals surface area contributed by atoms with Crippen molar-refractivity contribution in [1.82, 2.24) is 4.98 Å². The number of nitrogens with one attached hydrogen (secondary N) is 1. The molecule has 1 amide bonds. The minimum absolute atomic E-state index is 0.306. The smallest absolute Gasteiger partial charge is 0.315 e. The second kappa shape index (κ2) is 6.01. The minimum atomic E-state index is -0.572. The number of nitrogens with zero attached hydrogens (tertiary/aromatic N) is 1. The highest BCUT2D eigenvalue weighted by molar-refractivity contribution is 6.02. The lowest BCUT2D eigenvalue weighted by Crippen LogP contribution is -2.17. The van der Waals surface area contributed by atoms with Gasteiger partial charge >= 0.3 is 5.97 Å². The number of benzene rings is 1. The highest BCUT2D eigenvalue weighted by Gasteiger charge is 2.11. The third-order valence-electron chi connectivity index (χ3n) is 2.74. The van der Waals surface area contributed by atoms with Gasteiger partial charge in [0.2, 0.25) is 5.91 Å². The standard InChI is InChI=1S/C14H14N2O4/c1-9-5-10(16-13(17)6-14(18)19-2)3-4-11(9)12-7-15-8-20-12/h3-5,7-8H,6H2,1-2H3,(H,16,17). The van der Waals surface area contributed by atoms with Gasteiger partial charge in [-0.3, -0.25) is 9.59 Å². The molecule has 0 atom stereocenters. The normalized spacial score (nSPS) is 10.1. The summed E-state index contributed by atoms with van der Waals surface area (Å²) in [6.07, 6.45) is 2.68. The van der Waals surface area contributed by atoms with E-state index < -0.39 is 11.9 Å². The average Bonchev–Trinajstić information content (AvgIpc) is 2.92. The van der Waals surface area contributed by atoms with E-state index in [0.29, 0.717) is 11.4 Å². The van der Waals surface area contributed by atoms with Crippen LogP contribution in [-0.4, -0.2) is 24.0 Å². The largest absolute Gasteiger partial charge is 0.469 e. The van der Waals surface area contributed by atoms with Gasteiger partial charge in [-0.2, -0.15) is 0 Å². The number of oxazole rings is 1. The number of carbonyl (C=O) groups excluding carboxylic acids is 2. The Morgan fingerprint density at radius 3 is 2.80 bits per heavy atom. The number of anilines is 1.